The van der Waals surface area contributed by atoms with Crippen molar-refractivity contribution in [1.29, 1.82) is 0 Å². The number of nitro benzene ring substituents is 1. The first-order valence-electron chi connectivity index (χ1n) is 5.93. The van der Waals surface area contributed by atoms with Crippen molar-refractivity contribution < 1.29 is 23.6 Å². The highest BCUT2D eigenvalue weighted by Crippen LogP contribution is 2.38. The van der Waals surface area contributed by atoms with E-state index in [9.17, 15) is 23.7 Å². The monoisotopic (exact) mass is 286 g/mol. The molecule has 0 aliphatic carbocycles. The molecule has 2 rings (SSSR count). The fourth-order valence-electron chi connectivity index (χ4n) is 2.19. The van der Waals surface area contributed by atoms with Crippen molar-refractivity contribution in [2.45, 2.75) is 6.92 Å². The molecule has 1 aromatic carbocycles. The third kappa shape index (κ3) is 2.28. The van der Waals surface area contributed by atoms with Crippen LogP contribution in [-0.4, -0.2) is 29.1 Å². The molecule has 0 bridgehead atoms. The lowest BCUT2D eigenvalue weighted by Crippen LogP contribution is -2.51. The maximum atomic E-state index is 13.7. The van der Waals surface area contributed by atoms with Crippen LogP contribution in [0, 0.1) is 33.6 Å². The zero-order valence-electron chi connectivity index (χ0n) is 10.5. The van der Waals surface area contributed by atoms with E-state index in [0.29, 0.717) is 6.07 Å². The van der Waals surface area contributed by atoms with Gasteiger partial charge in [0, 0.05) is 25.1 Å². The molecule has 1 aliphatic rings. The van der Waals surface area contributed by atoms with E-state index >= 15 is 0 Å². The molecule has 8 heteroatoms. The molecule has 0 spiro atoms. The van der Waals surface area contributed by atoms with Gasteiger partial charge >= 0.3 is 5.97 Å². The third-order valence-corrected chi connectivity index (χ3v) is 3.57. The van der Waals surface area contributed by atoms with Gasteiger partial charge in [-0.15, -0.1) is 0 Å². The number of rotatable bonds is 4. The summed E-state index contributed by atoms with van der Waals surface area (Å²) < 4.78 is 27.0. The number of anilines is 1. The van der Waals surface area contributed by atoms with Crippen LogP contribution in [-0.2, 0) is 4.79 Å². The average molecular weight is 286 g/mol. The number of halogens is 2. The molecular weight excluding hydrogens is 274 g/mol. The zero-order valence-corrected chi connectivity index (χ0v) is 10.5. The fraction of sp³-hybridized carbons (Fsp3) is 0.417. The summed E-state index contributed by atoms with van der Waals surface area (Å²) in [6, 6.07) is 1.61. The van der Waals surface area contributed by atoms with Crippen molar-refractivity contribution in [2.24, 2.45) is 11.8 Å². The molecular formula is C12H12F2N2O4. The van der Waals surface area contributed by atoms with E-state index in [0.717, 1.165) is 6.07 Å². The Morgan fingerprint density at radius 3 is 2.60 bits per heavy atom. The van der Waals surface area contributed by atoms with Crippen LogP contribution in [0.15, 0.2) is 12.1 Å². The quantitative estimate of drug-likeness (QED) is 0.676. The molecule has 0 amide bonds. The van der Waals surface area contributed by atoms with Crippen LogP contribution in [0.1, 0.15) is 6.92 Å². The second kappa shape index (κ2) is 5.03. The molecule has 1 unspecified atom stereocenters. The number of aliphatic carboxylic acids is 1. The summed E-state index contributed by atoms with van der Waals surface area (Å²) in [7, 11) is 0. The minimum absolute atomic E-state index is 0.147. The summed E-state index contributed by atoms with van der Waals surface area (Å²) in [5.74, 6) is -4.30. The van der Waals surface area contributed by atoms with Gasteiger partial charge in [0.15, 0.2) is 17.3 Å². The van der Waals surface area contributed by atoms with E-state index < -0.39 is 39.8 Å². The van der Waals surface area contributed by atoms with Gasteiger partial charge in [0.25, 0.3) is 5.69 Å². The van der Waals surface area contributed by atoms with Gasteiger partial charge in [-0.1, -0.05) is 6.92 Å². The molecule has 0 saturated carbocycles. The predicted molar refractivity (Wildman–Crippen MR) is 65.5 cm³/mol. The Morgan fingerprint density at radius 2 is 2.10 bits per heavy atom. The molecule has 0 aromatic heterocycles. The Labute approximate surface area is 112 Å². The van der Waals surface area contributed by atoms with Crippen molar-refractivity contribution in [3.05, 3.63) is 33.9 Å². The molecule has 20 heavy (non-hydrogen) atoms. The van der Waals surface area contributed by atoms with Gasteiger partial charge in [-0.25, -0.2) is 8.78 Å². The first-order valence-corrected chi connectivity index (χ1v) is 5.93. The van der Waals surface area contributed by atoms with Crippen LogP contribution in [0.4, 0.5) is 20.2 Å². The zero-order chi connectivity index (χ0) is 15.0. The smallest absolute Gasteiger partial charge is 0.306 e. The molecule has 1 fully saturated rings. The topological polar surface area (TPSA) is 83.7 Å². The SMILES string of the molecule is CC(C(=O)O)C1CN(c2c([N+](=O)[O-])ccc(F)c2F)C1. The molecule has 1 heterocycles. The van der Waals surface area contributed by atoms with E-state index in [1.54, 1.807) is 0 Å². The lowest BCUT2D eigenvalue weighted by Gasteiger charge is -2.42. The van der Waals surface area contributed by atoms with Gasteiger partial charge in [-0.2, -0.15) is 0 Å². The Kier molecular flexibility index (Phi) is 3.56. The Bertz CT molecular complexity index is 573. The van der Waals surface area contributed by atoms with Gasteiger partial charge < -0.3 is 10.0 Å². The summed E-state index contributed by atoms with van der Waals surface area (Å²) in [4.78, 5) is 22.2. The summed E-state index contributed by atoms with van der Waals surface area (Å²) in [6.07, 6.45) is 0. The number of hydrogen-bond acceptors (Lipinski definition) is 4. The number of nitro groups is 1. The molecule has 0 radical (unpaired) electrons. The number of carboxylic acid groups (broad SMARTS) is 1. The molecule has 1 saturated heterocycles. The third-order valence-electron chi connectivity index (χ3n) is 3.57. The summed E-state index contributed by atoms with van der Waals surface area (Å²) >= 11 is 0. The first kappa shape index (κ1) is 14.2. The van der Waals surface area contributed by atoms with E-state index in [-0.39, 0.29) is 19.0 Å². The average Bonchev–Trinajstić information content (AvgIpc) is 2.31. The number of benzene rings is 1. The Balaban J connectivity index is 2.25. The van der Waals surface area contributed by atoms with Crippen LogP contribution in [0.5, 0.6) is 0 Å². The largest absolute Gasteiger partial charge is 0.481 e. The van der Waals surface area contributed by atoms with E-state index in [4.69, 9.17) is 5.11 Å². The highest BCUT2D eigenvalue weighted by atomic mass is 19.2. The van der Waals surface area contributed by atoms with Gasteiger partial charge in [-0.3, -0.25) is 14.9 Å². The second-order valence-electron chi connectivity index (χ2n) is 4.78. The second-order valence-corrected chi connectivity index (χ2v) is 4.78. The number of carbonyl (C=O) groups is 1. The van der Waals surface area contributed by atoms with Gasteiger partial charge in [0.1, 0.15) is 0 Å². The molecule has 108 valence electrons. The standard InChI is InChI=1S/C12H12F2N2O4/c1-6(12(17)18)7-4-15(5-7)11-9(16(19)20)3-2-8(13)10(11)14/h2-3,6-7H,4-5H2,1H3,(H,17,18). The predicted octanol–water partition coefficient (Wildman–Crippen LogP) is 2.03. The van der Waals surface area contributed by atoms with Crippen molar-refractivity contribution in [3.63, 3.8) is 0 Å². The molecule has 1 atom stereocenters. The van der Waals surface area contributed by atoms with Gasteiger partial charge in [0.05, 0.1) is 10.8 Å². The minimum Gasteiger partial charge on any atom is -0.481 e. The first-order chi connectivity index (χ1) is 9.32. The van der Waals surface area contributed by atoms with Crippen LogP contribution in [0.25, 0.3) is 0 Å². The number of carboxylic acids is 1. The molecule has 1 N–H and O–H groups in total. The lowest BCUT2D eigenvalue weighted by atomic mass is 9.86. The maximum Gasteiger partial charge on any atom is 0.306 e. The van der Waals surface area contributed by atoms with Gasteiger partial charge in [0.2, 0.25) is 0 Å². The highest BCUT2D eigenvalue weighted by molar-refractivity contribution is 5.71. The van der Waals surface area contributed by atoms with Crippen LogP contribution in [0.2, 0.25) is 0 Å². The van der Waals surface area contributed by atoms with E-state index in [2.05, 4.69) is 0 Å². The summed E-state index contributed by atoms with van der Waals surface area (Å²) in [5.41, 5.74) is -0.936. The van der Waals surface area contributed by atoms with Crippen LogP contribution in [0.3, 0.4) is 0 Å². The normalized spacial score (nSPS) is 16.6. The number of hydrogen-bond donors (Lipinski definition) is 1. The van der Waals surface area contributed by atoms with Crippen molar-refractivity contribution in [1.82, 2.24) is 0 Å². The molecule has 1 aliphatic heterocycles. The summed E-state index contributed by atoms with van der Waals surface area (Å²) in [5, 5.41) is 19.7. The van der Waals surface area contributed by atoms with Crippen LogP contribution >= 0.6 is 0 Å². The maximum absolute atomic E-state index is 13.7. The van der Waals surface area contributed by atoms with Crippen LogP contribution < -0.4 is 4.90 Å². The van der Waals surface area contributed by atoms with E-state index in [1.807, 2.05) is 0 Å². The summed E-state index contributed by atoms with van der Waals surface area (Å²) in [6.45, 7) is 1.81. The molecule has 6 nitrogen and oxygen atoms in total. The van der Waals surface area contributed by atoms with Crippen molar-refractivity contribution >= 4 is 17.3 Å². The lowest BCUT2D eigenvalue weighted by molar-refractivity contribution is -0.384. The van der Waals surface area contributed by atoms with Gasteiger partial charge in [-0.05, 0) is 6.07 Å². The Morgan fingerprint density at radius 1 is 1.50 bits per heavy atom. The minimum atomic E-state index is -1.28. The molecule has 1 aromatic rings. The van der Waals surface area contributed by atoms with Crippen molar-refractivity contribution in [2.75, 3.05) is 18.0 Å². The number of nitrogens with zero attached hydrogens (tertiary/aromatic N) is 2. The van der Waals surface area contributed by atoms with Crippen molar-refractivity contribution in [3.8, 4) is 0 Å². The highest BCUT2D eigenvalue weighted by Gasteiger charge is 2.39. The fourth-order valence-corrected chi connectivity index (χ4v) is 2.19. The van der Waals surface area contributed by atoms with E-state index in [1.165, 1.54) is 11.8 Å². The Hall–Kier alpha value is -2.25.